The van der Waals surface area contributed by atoms with E-state index in [-0.39, 0.29) is 18.4 Å². The number of carbonyl (C=O) groups excluding carboxylic acids is 3. The van der Waals surface area contributed by atoms with Gasteiger partial charge < -0.3 is 10.6 Å². The number of amides is 4. The zero-order chi connectivity index (χ0) is 20.0. The zero-order valence-electron chi connectivity index (χ0n) is 16.9. The molecule has 4 amide bonds. The molecular weight excluding hydrogens is 342 g/mol. The molecule has 27 heavy (non-hydrogen) atoms. The molecule has 1 unspecified atom stereocenters. The fourth-order valence-electron chi connectivity index (χ4n) is 3.43. The van der Waals surface area contributed by atoms with Gasteiger partial charge in [-0.25, -0.2) is 4.79 Å². The fraction of sp³-hybridized carbons (Fsp3) is 0.571. The maximum atomic E-state index is 12.7. The molecule has 2 N–H and O–H groups in total. The molecule has 0 saturated carbocycles. The molecule has 1 heterocycles. The van der Waals surface area contributed by atoms with Crippen molar-refractivity contribution in [3.05, 3.63) is 29.3 Å². The number of anilines is 1. The largest absolute Gasteiger partial charge is 0.325 e. The molecule has 2 rings (SSSR count). The van der Waals surface area contributed by atoms with Crippen LogP contribution in [-0.4, -0.2) is 34.8 Å². The Labute approximate surface area is 161 Å². The summed E-state index contributed by atoms with van der Waals surface area (Å²) < 4.78 is 0. The SMILES string of the molecule is CCCCCCCC1(C)NC(=O)N(CC(=O)Nc2ccc(C)cc2C)C1=O. The summed E-state index contributed by atoms with van der Waals surface area (Å²) in [5.74, 6) is -0.698. The first-order chi connectivity index (χ1) is 12.8. The van der Waals surface area contributed by atoms with Gasteiger partial charge in [-0.1, -0.05) is 56.7 Å². The first-order valence-corrected chi connectivity index (χ1v) is 9.78. The highest BCUT2D eigenvalue weighted by Crippen LogP contribution is 2.24. The van der Waals surface area contributed by atoms with E-state index in [0.717, 1.165) is 41.7 Å². The Morgan fingerprint density at radius 1 is 1.15 bits per heavy atom. The van der Waals surface area contributed by atoms with Crippen LogP contribution < -0.4 is 10.6 Å². The third-order valence-corrected chi connectivity index (χ3v) is 5.08. The van der Waals surface area contributed by atoms with Crippen LogP contribution in [-0.2, 0) is 9.59 Å². The van der Waals surface area contributed by atoms with Crippen LogP contribution >= 0.6 is 0 Å². The van der Waals surface area contributed by atoms with E-state index in [0.29, 0.717) is 12.1 Å². The third kappa shape index (κ3) is 5.31. The summed E-state index contributed by atoms with van der Waals surface area (Å²) in [6, 6.07) is 5.21. The smallest absolute Gasteiger partial charge is 0.324 e. The molecule has 0 spiro atoms. The number of rotatable bonds is 9. The van der Waals surface area contributed by atoms with Crippen molar-refractivity contribution in [2.45, 2.75) is 71.8 Å². The molecule has 1 aromatic carbocycles. The summed E-state index contributed by atoms with van der Waals surface area (Å²) in [5, 5.41) is 5.55. The van der Waals surface area contributed by atoms with Gasteiger partial charge in [-0.05, 0) is 38.8 Å². The van der Waals surface area contributed by atoms with E-state index in [1.807, 2.05) is 32.0 Å². The minimum atomic E-state index is -0.913. The van der Waals surface area contributed by atoms with Crippen molar-refractivity contribution in [2.24, 2.45) is 0 Å². The van der Waals surface area contributed by atoms with E-state index in [1.165, 1.54) is 6.42 Å². The quantitative estimate of drug-likeness (QED) is 0.509. The van der Waals surface area contributed by atoms with Crippen molar-refractivity contribution in [1.29, 1.82) is 0 Å². The number of nitrogens with zero attached hydrogens (tertiary/aromatic N) is 1. The van der Waals surface area contributed by atoms with Crippen LogP contribution in [0.1, 0.15) is 63.5 Å². The number of hydrogen-bond donors (Lipinski definition) is 2. The number of imide groups is 1. The van der Waals surface area contributed by atoms with Crippen molar-refractivity contribution in [3.63, 3.8) is 0 Å². The van der Waals surface area contributed by atoms with Gasteiger partial charge in [-0.2, -0.15) is 0 Å². The van der Waals surface area contributed by atoms with Crippen molar-refractivity contribution >= 4 is 23.5 Å². The van der Waals surface area contributed by atoms with E-state index in [1.54, 1.807) is 6.92 Å². The van der Waals surface area contributed by atoms with Gasteiger partial charge in [0.05, 0.1) is 0 Å². The van der Waals surface area contributed by atoms with E-state index in [4.69, 9.17) is 0 Å². The van der Waals surface area contributed by atoms with E-state index in [2.05, 4.69) is 17.6 Å². The Morgan fingerprint density at radius 2 is 1.85 bits per heavy atom. The summed E-state index contributed by atoms with van der Waals surface area (Å²) >= 11 is 0. The highest BCUT2D eigenvalue weighted by atomic mass is 16.2. The van der Waals surface area contributed by atoms with Gasteiger partial charge in [0.15, 0.2) is 0 Å². The summed E-state index contributed by atoms with van der Waals surface area (Å²) in [7, 11) is 0. The normalized spacial score (nSPS) is 19.3. The number of benzene rings is 1. The lowest BCUT2D eigenvalue weighted by atomic mass is 9.94. The Morgan fingerprint density at radius 3 is 2.52 bits per heavy atom. The van der Waals surface area contributed by atoms with Crippen LogP contribution in [0.15, 0.2) is 18.2 Å². The molecule has 1 aliphatic heterocycles. The van der Waals surface area contributed by atoms with Crippen LogP contribution in [0.2, 0.25) is 0 Å². The summed E-state index contributed by atoms with van der Waals surface area (Å²) in [5.41, 5.74) is 1.83. The number of nitrogens with one attached hydrogen (secondary N) is 2. The maximum Gasteiger partial charge on any atom is 0.325 e. The molecular formula is C21H31N3O3. The molecule has 1 atom stereocenters. The molecule has 6 nitrogen and oxygen atoms in total. The number of aryl methyl sites for hydroxylation is 2. The van der Waals surface area contributed by atoms with Gasteiger partial charge in [0.25, 0.3) is 5.91 Å². The number of hydrogen-bond acceptors (Lipinski definition) is 3. The van der Waals surface area contributed by atoms with E-state index < -0.39 is 11.6 Å². The fourth-order valence-corrected chi connectivity index (χ4v) is 3.43. The first kappa shape index (κ1) is 20.9. The molecule has 0 bridgehead atoms. The van der Waals surface area contributed by atoms with Gasteiger partial charge in [0.2, 0.25) is 5.91 Å². The predicted molar refractivity (Wildman–Crippen MR) is 107 cm³/mol. The predicted octanol–water partition coefficient (Wildman–Crippen LogP) is 3.91. The minimum absolute atomic E-state index is 0.274. The molecule has 0 aliphatic carbocycles. The van der Waals surface area contributed by atoms with Crippen molar-refractivity contribution in [1.82, 2.24) is 10.2 Å². The van der Waals surface area contributed by atoms with Gasteiger partial charge in [-0.3, -0.25) is 14.5 Å². The summed E-state index contributed by atoms with van der Waals surface area (Å²) in [6.45, 7) is 7.52. The standard InChI is InChI=1S/C21H31N3O3/c1-5-6-7-8-9-12-21(4)19(26)24(20(27)23-21)14-18(25)22-17-11-10-15(2)13-16(17)3/h10-11,13H,5-9,12,14H2,1-4H3,(H,22,25)(H,23,27). The third-order valence-electron chi connectivity index (χ3n) is 5.08. The van der Waals surface area contributed by atoms with Crippen molar-refractivity contribution < 1.29 is 14.4 Å². The van der Waals surface area contributed by atoms with E-state index in [9.17, 15) is 14.4 Å². The Balaban J connectivity index is 1.93. The molecule has 148 valence electrons. The van der Waals surface area contributed by atoms with E-state index >= 15 is 0 Å². The Hall–Kier alpha value is -2.37. The minimum Gasteiger partial charge on any atom is -0.324 e. The highest BCUT2D eigenvalue weighted by molar-refractivity contribution is 6.09. The first-order valence-electron chi connectivity index (χ1n) is 9.78. The Bertz CT molecular complexity index is 717. The average Bonchev–Trinajstić information content (AvgIpc) is 2.81. The number of urea groups is 1. The van der Waals surface area contributed by atoms with Crippen LogP contribution in [0, 0.1) is 13.8 Å². The molecule has 1 aromatic rings. The van der Waals surface area contributed by atoms with Crippen LogP contribution in [0.3, 0.4) is 0 Å². The van der Waals surface area contributed by atoms with Gasteiger partial charge >= 0.3 is 6.03 Å². The summed E-state index contributed by atoms with van der Waals surface area (Å²) in [6.07, 6.45) is 6.00. The number of carbonyl (C=O) groups is 3. The molecule has 1 saturated heterocycles. The second kappa shape index (κ2) is 9.02. The Kier molecular flexibility index (Phi) is 6.99. The van der Waals surface area contributed by atoms with Gasteiger partial charge in [0, 0.05) is 5.69 Å². The number of unbranched alkanes of at least 4 members (excludes halogenated alkanes) is 4. The topological polar surface area (TPSA) is 78.5 Å². The van der Waals surface area contributed by atoms with Crippen LogP contribution in [0.25, 0.3) is 0 Å². The van der Waals surface area contributed by atoms with Crippen LogP contribution in [0.4, 0.5) is 10.5 Å². The second-order valence-corrected chi connectivity index (χ2v) is 7.68. The average molecular weight is 373 g/mol. The van der Waals surface area contributed by atoms with Gasteiger partial charge in [-0.15, -0.1) is 0 Å². The molecule has 1 aliphatic rings. The van der Waals surface area contributed by atoms with Crippen molar-refractivity contribution in [3.8, 4) is 0 Å². The monoisotopic (exact) mass is 373 g/mol. The lowest BCUT2D eigenvalue weighted by Crippen LogP contribution is -2.44. The van der Waals surface area contributed by atoms with Crippen LogP contribution in [0.5, 0.6) is 0 Å². The van der Waals surface area contributed by atoms with Crippen molar-refractivity contribution in [2.75, 3.05) is 11.9 Å². The highest BCUT2D eigenvalue weighted by Gasteiger charge is 2.47. The van der Waals surface area contributed by atoms with Gasteiger partial charge in [0.1, 0.15) is 12.1 Å². The summed E-state index contributed by atoms with van der Waals surface area (Å²) in [4.78, 5) is 38.3. The lowest BCUT2D eigenvalue weighted by Gasteiger charge is -2.21. The molecule has 6 heteroatoms. The lowest BCUT2D eigenvalue weighted by molar-refractivity contribution is -0.133. The second-order valence-electron chi connectivity index (χ2n) is 7.68. The maximum absolute atomic E-state index is 12.7. The molecule has 1 fully saturated rings. The molecule has 0 aromatic heterocycles. The molecule has 0 radical (unpaired) electrons. The zero-order valence-corrected chi connectivity index (χ0v) is 16.9.